The van der Waals surface area contributed by atoms with Crippen LogP contribution in [0.3, 0.4) is 0 Å². The molecule has 1 aromatic carbocycles. The Hall–Kier alpha value is -1.65. The molecular weight excluding hydrogens is 312 g/mol. The van der Waals surface area contributed by atoms with Gasteiger partial charge in [0.2, 0.25) is 0 Å². The third-order valence-corrected chi connectivity index (χ3v) is 6.16. The van der Waals surface area contributed by atoms with Crippen LogP contribution in [0.5, 0.6) is 0 Å². The van der Waals surface area contributed by atoms with Gasteiger partial charge in [0.05, 0.1) is 12.7 Å². The Morgan fingerprint density at radius 3 is 2.84 bits per heavy atom. The number of aryl methyl sites for hydroxylation is 1. The molecule has 0 unspecified atom stereocenters. The Morgan fingerprint density at radius 1 is 1.24 bits per heavy atom. The molecule has 2 aliphatic carbocycles. The van der Waals surface area contributed by atoms with E-state index in [0.717, 1.165) is 30.8 Å². The lowest BCUT2D eigenvalue weighted by Crippen LogP contribution is -2.34. The summed E-state index contributed by atoms with van der Waals surface area (Å²) < 4.78 is 12.2. The summed E-state index contributed by atoms with van der Waals surface area (Å²) in [5, 5.41) is 8.04. The van der Waals surface area contributed by atoms with E-state index in [1.54, 1.807) is 0 Å². The molecule has 1 aliphatic heterocycles. The highest BCUT2D eigenvalue weighted by Crippen LogP contribution is 2.45. The van der Waals surface area contributed by atoms with Crippen molar-refractivity contribution in [3.8, 4) is 11.3 Å². The van der Waals surface area contributed by atoms with Gasteiger partial charge in [0.25, 0.3) is 0 Å². The number of nitrogens with one attached hydrogen (secondary N) is 1. The van der Waals surface area contributed by atoms with Crippen LogP contribution in [0.1, 0.15) is 55.4 Å². The van der Waals surface area contributed by atoms with Crippen molar-refractivity contribution < 1.29 is 9.26 Å². The second-order valence-electron chi connectivity index (χ2n) is 7.85. The summed E-state index contributed by atoms with van der Waals surface area (Å²) in [6.45, 7) is 3.94. The Labute approximate surface area is 148 Å². The summed E-state index contributed by atoms with van der Waals surface area (Å²) in [5.74, 6) is 2.30. The number of aromatic nitrogens is 1. The quantitative estimate of drug-likeness (QED) is 0.863. The SMILES string of the molecule is CCc1ccccc1-c1noc(C2CC2)c1CO[C@@H]1C[C@@H]2C[C@H]1CN2. The first-order valence-corrected chi connectivity index (χ1v) is 9.75. The molecule has 2 aromatic rings. The number of ether oxygens (including phenoxy) is 1. The van der Waals surface area contributed by atoms with Crippen molar-refractivity contribution >= 4 is 0 Å². The van der Waals surface area contributed by atoms with Crippen molar-refractivity contribution in [1.82, 2.24) is 10.5 Å². The van der Waals surface area contributed by atoms with Gasteiger partial charge in [0.1, 0.15) is 11.5 Å². The lowest BCUT2D eigenvalue weighted by molar-refractivity contribution is 0.00913. The van der Waals surface area contributed by atoms with E-state index in [4.69, 9.17) is 9.26 Å². The molecule has 4 nitrogen and oxygen atoms in total. The van der Waals surface area contributed by atoms with E-state index in [0.29, 0.717) is 30.6 Å². The van der Waals surface area contributed by atoms with Crippen molar-refractivity contribution in [2.24, 2.45) is 5.92 Å². The zero-order valence-electron chi connectivity index (χ0n) is 14.8. The van der Waals surface area contributed by atoms with Crippen LogP contribution in [0.15, 0.2) is 28.8 Å². The van der Waals surface area contributed by atoms with E-state index in [2.05, 4.69) is 41.7 Å². The maximum Gasteiger partial charge on any atom is 0.145 e. The fraction of sp³-hybridized carbons (Fsp3) is 0.571. The summed E-state index contributed by atoms with van der Waals surface area (Å²) in [4.78, 5) is 0. The smallest absolute Gasteiger partial charge is 0.145 e. The minimum Gasteiger partial charge on any atom is -0.373 e. The van der Waals surface area contributed by atoms with Gasteiger partial charge < -0.3 is 14.6 Å². The second kappa shape index (κ2) is 6.26. The van der Waals surface area contributed by atoms with Gasteiger partial charge in [-0.2, -0.15) is 0 Å². The van der Waals surface area contributed by atoms with Crippen molar-refractivity contribution in [3.05, 3.63) is 41.2 Å². The van der Waals surface area contributed by atoms with Crippen LogP contribution in [0.4, 0.5) is 0 Å². The monoisotopic (exact) mass is 338 g/mol. The zero-order valence-corrected chi connectivity index (χ0v) is 14.8. The van der Waals surface area contributed by atoms with E-state index in [1.165, 1.54) is 36.0 Å². The van der Waals surface area contributed by atoms with Gasteiger partial charge in [-0.05, 0) is 43.6 Å². The number of benzene rings is 1. The normalized spacial score (nSPS) is 28.0. The number of rotatable bonds is 6. The number of hydrogen-bond acceptors (Lipinski definition) is 4. The average molecular weight is 338 g/mol. The molecule has 1 aromatic heterocycles. The summed E-state index contributed by atoms with van der Waals surface area (Å²) in [5.41, 5.74) is 4.72. The number of hydrogen-bond donors (Lipinski definition) is 1. The molecule has 3 fully saturated rings. The Balaban J connectivity index is 1.44. The molecule has 3 atom stereocenters. The molecule has 2 heterocycles. The van der Waals surface area contributed by atoms with E-state index in [9.17, 15) is 0 Å². The molecule has 1 saturated heterocycles. The van der Waals surface area contributed by atoms with Crippen LogP contribution in [0.25, 0.3) is 11.3 Å². The Kier molecular flexibility index (Phi) is 3.90. The maximum atomic E-state index is 6.40. The van der Waals surface area contributed by atoms with Crippen molar-refractivity contribution in [2.75, 3.05) is 6.54 Å². The van der Waals surface area contributed by atoms with Crippen LogP contribution < -0.4 is 5.32 Å². The summed E-state index contributed by atoms with van der Waals surface area (Å²) >= 11 is 0. The molecule has 3 aliphatic rings. The third kappa shape index (κ3) is 2.81. The molecule has 1 N–H and O–H groups in total. The predicted molar refractivity (Wildman–Crippen MR) is 96.4 cm³/mol. The fourth-order valence-corrected chi connectivity index (χ4v) is 4.58. The predicted octanol–water partition coefficient (Wildman–Crippen LogP) is 4.05. The standard InChI is InChI=1S/C21H26N2O2/c1-2-13-5-3-4-6-17(13)20-18(21(25-23-20)14-7-8-14)12-24-19-10-16-9-15(19)11-22-16/h3-6,14-16,19,22H,2,7-12H2,1H3/t15-,16-,19+/m0/s1. The van der Waals surface area contributed by atoms with Crippen molar-refractivity contribution in [3.63, 3.8) is 0 Å². The molecule has 2 saturated carbocycles. The van der Waals surface area contributed by atoms with E-state index in [1.807, 2.05) is 0 Å². The Morgan fingerprint density at radius 2 is 2.12 bits per heavy atom. The minimum absolute atomic E-state index is 0.391. The van der Waals surface area contributed by atoms with Gasteiger partial charge in [-0.1, -0.05) is 36.3 Å². The highest BCUT2D eigenvalue weighted by Gasteiger charge is 2.40. The van der Waals surface area contributed by atoms with Gasteiger partial charge in [-0.15, -0.1) is 0 Å². The molecule has 5 rings (SSSR count). The number of nitrogens with zero attached hydrogens (tertiary/aromatic N) is 1. The largest absolute Gasteiger partial charge is 0.373 e. The van der Waals surface area contributed by atoms with Crippen LogP contribution in [-0.4, -0.2) is 23.8 Å². The van der Waals surface area contributed by atoms with Crippen LogP contribution in [-0.2, 0) is 17.8 Å². The highest BCUT2D eigenvalue weighted by atomic mass is 16.5. The van der Waals surface area contributed by atoms with Gasteiger partial charge in [-0.3, -0.25) is 0 Å². The number of fused-ring (bicyclic) bond motifs is 2. The van der Waals surface area contributed by atoms with Gasteiger partial charge in [0.15, 0.2) is 0 Å². The first kappa shape index (κ1) is 15.6. The first-order valence-electron chi connectivity index (χ1n) is 9.75. The van der Waals surface area contributed by atoms with E-state index >= 15 is 0 Å². The third-order valence-electron chi connectivity index (χ3n) is 6.16. The Bertz CT molecular complexity index is 765. The van der Waals surface area contributed by atoms with Gasteiger partial charge in [0, 0.05) is 29.6 Å². The summed E-state index contributed by atoms with van der Waals surface area (Å²) in [6, 6.07) is 9.21. The van der Waals surface area contributed by atoms with Crippen LogP contribution in [0.2, 0.25) is 0 Å². The van der Waals surface area contributed by atoms with Crippen LogP contribution in [0, 0.1) is 5.92 Å². The van der Waals surface area contributed by atoms with Crippen molar-refractivity contribution in [2.45, 2.75) is 63.7 Å². The zero-order chi connectivity index (χ0) is 16.8. The molecule has 2 bridgehead atoms. The average Bonchev–Trinajstić information content (AvgIpc) is 3.08. The molecule has 25 heavy (non-hydrogen) atoms. The lowest BCUT2D eigenvalue weighted by Gasteiger charge is -2.23. The topological polar surface area (TPSA) is 47.3 Å². The van der Waals surface area contributed by atoms with E-state index in [-0.39, 0.29) is 0 Å². The van der Waals surface area contributed by atoms with Crippen molar-refractivity contribution in [1.29, 1.82) is 0 Å². The first-order chi connectivity index (χ1) is 12.3. The molecular formula is C21H26N2O2. The van der Waals surface area contributed by atoms with Crippen LogP contribution >= 0.6 is 0 Å². The van der Waals surface area contributed by atoms with Gasteiger partial charge in [-0.25, -0.2) is 0 Å². The number of piperidine rings is 1. The lowest BCUT2D eigenvalue weighted by atomic mass is 9.98. The molecule has 0 radical (unpaired) electrons. The molecule has 4 heteroatoms. The second-order valence-corrected chi connectivity index (χ2v) is 7.85. The van der Waals surface area contributed by atoms with Gasteiger partial charge >= 0.3 is 0 Å². The molecule has 0 spiro atoms. The molecule has 0 amide bonds. The minimum atomic E-state index is 0.391. The fourth-order valence-electron chi connectivity index (χ4n) is 4.58. The molecule has 132 valence electrons. The summed E-state index contributed by atoms with van der Waals surface area (Å²) in [7, 11) is 0. The van der Waals surface area contributed by atoms with E-state index < -0.39 is 0 Å². The summed E-state index contributed by atoms with van der Waals surface area (Å²) in [6.07, 6.45) is 6.25. The maximum absolute atomic E-state index is 6.40. The highest BCUT2D eigenvalue weighted by molar-refractivity contribution is 5.67.